The first-order valence-corrected chi connectivity index (χ1v) is 18.9. The van der Waals surface area contributed by atoms with Crippen LogP contribution in [0.25, 0.3) is 77.8 Å². The van der Waals surface area contributed by atoms with Gasteiger partial charge in [-0.05, 0) is 98.9 Å². The molecular formula is C53H36N2O. The van der Waals surface area contributed by atoms with Gasteiger partial charge in [0.1, 0.15) is 5.52 Å². The number of anilines is 3. The van der Waals surface area contributed by atoms with Crippen molar-refractivity contribution >= 4 is 38.9 Å². The molecule has 0 amide bonds. The van der Waals surface area contributed by atoms with Crippen LogP contribution in [-0.4, -0.2) is 4.98 Å². The molecule has 56 heavy (non-hydrogen) atoms. The van der Waals surface area contributed by atoms with Crippen molar-refractivity contribution in [2.45, 2.75) is 0 Å². The molecule has 0 saturated heterocycles. The minimum Gasteiger partial charge on any atom is -0.436 e. The van der Waals surface area contributed by atoms with Gasteiger partial charge in [0, 0.05) is 27.9 Å². The summed E-state index contributed by atoms with van der Waals surface area (Å²) in [6, 6.07) is 77.2. The second kappa shape index (κ2) is 14.4. The molecule has 0 aliphatic heterocycles. The summed E-state index contributed by atoms with van der Waals surface area (Å²) in [6.45, 7) is 0. The van der Waals surface area contributed by atoms with Crippen LogP contribution >= 0.6 is 0 Å². The summed E-state index contributed by atoms with van der Waals surface area (Å²) in [7, 11) is 0. The summed E-state index contributed by atoms with van der Waals surface area (Å²) in [4.78, 5) is 7.28. The number of nitrogens with zero attached hydrogens (tertiary/aromatic N) is 2. The predicted octanol–water partition coefficient (Wildman–Crippen LogP) is 14.8. The van der Waals surface area contributed by atoms with Crippen molar-refractivity contribution in [1.82, 2.24) is 4.98 Å². The molecule has 0 saturated carbocycles. The average molecular weight is 717 g/mol. The van der Waals surface area contributed by atoms with Crippen LogP contribution in [-0.2, 0) is 0 Å². The van der Waals surface area contributed by atoms with Crippen molar-refractivity contribution < 1.29 is 4.42 Å². The lowest BCUT2D eigenvalue weighted by molar-refractivity contribution is 0.620. The molecule has 0 fully saturated rings. The minimum atomic E-state index is 0.637. The topological polar surface area (TPSA) is 29.3 Å². The molecule has 0 unspecified atom stereocenters. The van der Waals surface area contributed by atoms with E-state index in [-0.39, 0.29) is 0 Å². The third-order valence-corrected chi connectivity index (χ3v) is 10.5. The van der Waals surface area contributed by atoms with Gasteiger partial charge in [0.2, 0.25) is 5.89 Å². The predicted molar refractivity (Wildman–Crippen MR) is 233 cm³/mol. The fraction of sp³-hybridized carbons (Fsp3) is 0. The number of para-hydroxylation sites is 1. The first-order valence-electron chi connectivity index (χ1n) is 18.9. The van der Waals surface area contributed by atoms with E-state index in [0.717, 1.165) is 66.8 Å². The van der Waals surface area contributed by atoms with Crippen LogP contribution in [0.1, 0.15) is 0 Å². The van der Waals surface area contributed by atoms with Crippen LogP contribution in [0.5, 0.6) is 0 Å². The molecule has 10 aromatic rings. The second-order valence-electron chi connectivity index (χ2n) is 14.0. The van der Waals surface area contributed by atoms with E-state index >= 15 is 0 Å². The number of hydrogen-bond acceptors (Lipinski definition) is 3. The van der Waals surface area contributed by atoms with E-state index in [0.29, 0.717) is 5.89 Å². The number of rotatable bonds is 8. The molecule has 0 aliphatic carbocycles. The lowest BCUT2D eigenvalue weighted by Crippen LogP contribution is -2.11. The maximum atomic E-state index is 6.18. The summed E-state index contributed by atoms with van der Waals surface area (Å²) in [5.74, 6) is 0.637. The van der Waals surface area contributed by atoms with Gasteiger partial charge in [-0.3, -0.25) is 0 Å². The minimum absolute atomic E-state index is 0.637. The fourth-order valence-corrected chi connectivity index (χ4v) is 7.64. The molecule has 1 aromatic heterocycles. The first-order chi connectivity index (χ1) is 27.7. The smallest absolute Gasteiger partial charge is 0.227 e. The summed E-state index contributed by atoms with van der Waals surface area (Å²) in [6.07, 6.45) is 0. The Labute approximate surface area is 326 Å². The monoisotopic (exact) mass is 716 g/mol. The molecule has 0 bridgehead atoms. The Bertz CT molecular complexity index is 2920. The van der Waals surface area contributed by atoms with E-state index in [4.69, 9.17) is 9.40 Å². The van der Waals surface area contributed by atoms with Crippen LogP contribution < -0.4 is 4.90 Å². The highest BCUT2D eigenvalue weighted by Crippen LogP contribution is 2.42. The number of fused-ring (bicyclic) bond motifs is 3. The van der Waals surface area contributed by atoms with Crippen molar-refractivity contribution in [3.8, 4) is 56.0 Å². The zero-order valence-corrected chi connectivity index (χ0v) is 30.6. The van der Waals surface area contributed by atoms with E-state index < -0.39 is 0 Å². The second-order valence-corrected chi connectivity index (χ2v) is 14.0. The summed E-state index contributed by atoms with van der Waals surface area (Å²) in [5, 5.41) is 2.22. The molecule has 0 spiro atoms. The van der Waals surface area contributed by atoms with Gasteiger partial charge in [0.05, 0.1) is 5.69 Å². The van der Waals surface area contributed by atoms with Crippen LogP contribution in [0.15, 0.2) is 223 Å². The molecular weight excluding hydrogens is 681 g/mol. The number of aromatic nitrogens is 1. The Balaban J connectivity index is 0.975. The van der Waals surface area contributed by atoms with Crippen molar-refractivity contribution in [3.63, 3.8) is 0 Å². The normalized spacial score (nSPS) is 11.2. The van der Waals surface area contributed by atoms with Gasteiger partial charge in [-0.1, -0.05) is 164 Å². The SMILES string of the molecule is c1ccc(-c2ccc(N(c3ccc(-c4ccc(-c5ccc6ccc7oc(-c8ccccc8)nc7c6c5)cc4)cc3)c3ccccc3-c3ccccc3)cc2)cc1. The van der Waals surface area contributed by atoms with Crippen LogP contribution in [0.3, 0.4) is 0 Å². The maximum Gasteiger partial charge on any atom is 0.227 e. The van der Waals surface area contributed by atoms with E-state index in [1.807, 2.05) is 36.4 Å². The van der Waals surface area contributed by atoms with Crippen molar-refractivity contribution in [2.75, 3.05) is 4.90 Å². The summed E-state index contributed by atoms with van der Waals surface area (Å²) < 4.78 is 6.18. The molecule has 9 aromatic carbocycles. The highest BCUT2D eigenvalue weighted by molar-refractivity contribution is 6.05. The number of oxazole rings is 1. The highest BCUT2D eigenvalue weighted by atomic mass is 16.3. The van der Waals surface area contributed by atoms with Gasteiger partial charge in [0.25, 0.3) is 0 Å². The van der Waals surface area contributed by atoms with Crippen LogP contribution in [0, 0.1) is 0 Å². The van der Waals surface area contributed by atoms with Gasteiger partial charge in [-0.2, -0.15) is 0 Å². The summed E-state index contributed by atoms with van der Waals surface area (Å²) in [5.41, 5.74) is 15.3. The molecule has 0 aliphatic rings. The zero-order valence-electron chi connectivity index (χ0n) is 30.6. The Hall–Kier alpha value is -7.49. The third-order valence-electron chi connectivity index (χ3n) is 10.5. The Morgan fingerprint density at radius 1 is 0.357 bits per heavy atom. The Morgan fingerprint density at radius 3 is 1.41 bits per heavy atom. The average Bonchev–Trinajstić information content (AvgIpc) is 3.74. The number of benzene rings is 9. The van der Waals surface area contributed by atoms with E-state index in [1.54, 1.807) is 0 Å². The highest BCUT2D eigenvalue weighted by Gasteiger charge is 2.18. The molecule has 0 radical (unpaired) electrons. The third kappa shape index (κ3) is 6.31. The lowest BCUT2D eigenvalue weighted by atomic mass is 9.97. The van der Waals surface area contributed by atoms with Gasteiger partial charge in [-0.25, -0.2) is 4.98 Å². The Kier molecular flexibility index (Phi) is 8.51. The first kappa shape index (κ1) is 33.1. The Morgan fingerprint density at radius 2 is 0.804 bits per heavy atom. The van der Waals surface area contributed by atoms with Gasteiger partial charge >= 0.3 is 0 Å². The molecule has 264 valence electrons. The molecule has 3 heteroatoms. The van der Waals surface area contributed by atoms with Crippen molar-refractivity contribution in [1.29, 1.82) is 0 Å². The molecule has 3 nitrogen and oxygen atoms in total. The molecule has 0 atom stereocenters. The van der Waals surface area contributed by atoms with E-state index in [1.165, 1.54) is 22.3 Å². The standard InChI is InChI=1S/C53H36N2O/c1-4-12-37(13-5-1)39-26-31-46(32-27-39)55(50-19-11-10-18-48(50)42-14-6-2-7-15-42)47-33-28-40(29-34-47)38-20-22-41(23-21-38)45-25-24-43-30-35-51-52(49(43)36-45)54-53(56-51)44-16-8-3-9-17-44/h1-36H. The van der Waals surface area contributed by atoms with Gasteiger partial charge in [-0.15, -0.1) is 0 Å². The number of hydrogen-bond donors (Lipinski definition) is 0. The lowest BCUT2D eigenvalue weighted by Gasteiger charge is -2.28. The van der Waals surface area contributed by atoms with Crippen molar-refractivity contribution in [2.24, 2.45) is 0 Å². The van der Waals surface area contributed by atoms with Gasteiger partial charge < -0.3 is 9.32 Å². The van der Waals surface area contributed by atoms with E-state index in [9.17, 15) is 0 Å². The van der Waals surface area contributed by atoms with Crippen LogP contribution in [0.2, 0.25) is 0 Å². The van der Waals surface area contributed by atoms with Crippen molar-refractivity contribution in [3.05, 3.63) is 218 Å². The fourth-order valence-electron chi connectivity index (χ4n) is 7.64. The zero-order chi connectivity index (χ0) is 37.3. The van der Waals surface area contributed by atoms with Gasteiger partial charge in [0.15, 0.2) is 5.58 Å². The maximum absolute atomic E-state index is 6.18. The molecule has 10 rings (SSSR count). The summed E-state index contributed by atoms with van der Waals surface area (Å²) >= 11 is 0. The molecule has 0 N–H and O–H groups in total. The largest absolute Gasteiger partial charge is 0.436 e. The molecule has 1 heterocycles. The quantitative estimate of drug-likeness (QED) is 0.157. The van der Waals surface area contributed by atoms with E-state index in [2.05, 4.69) is 187 Å². The van der Waals surface area contributed by atoms with Crippen LogP contribution in [0.4, 0.5) is 17.1 Å².